The van der Waals surface area contributed by atoms with Crippen molar-refractivity contribution < 1.29 is 32.1 Å². The van der Waals surface area contributed by atoms with Crippen molar-refractivity contribution in [2.75, 3.05) is 6.61 Å². The first-order chi connectivity index (χ1) is 13.8. The third-order valence-electron chi connectivity index (χ3n) is 4.03. The number of nitrogens with zero attached hydrogens (tertiary/aromatic N) is 3. The molecule has 29 heavy (non-hydrogen) atoms. The molecule has 1 saturated heterocycles. The molecule has 2 heterocycles. The molecule has 1 amide bonds. The number of benzene rings is 1. The van der Waals surface area contributed by atoms with Gasteiger partial charge in [-0.3, -0.25) is 4.79 Å². The first kappa shape index (κ1) is 20.8. The average Bonchev–Trinajstić information content (AvgIpc) is 3.20. The smallest absolute Gasteiger partial charge is 0.364 e. The van der Waals surface area contributed by atoms with Gasteiger partial charge in [0.25, 0.3) is 5.91 Å². The fraction of sp³-hybridized carbons (Fsp3) is 0.444. The van der Waals surface area contributed by atoms with E-state index in [1.165, 1.54) is 30.5 Å². The Bertz CT molecular complexity index is 846. The second-order valence-electron chi connectivity index (χ2n) is 6.42. The highest BCUT2D eigenvalue weighted by molar-refractivity contribution is 5.96. The van der Waals surface area contributed by atoms with E-state index in [2.05, 4.69) is 25.1 Å². The summed E-state index contributed by atoms with van der Waals surface area (Å²) in [7, 11) is 0. The van der Waals surface area contributed by atoms with Crippen LogP contribution in [0.2, 0.25) is 0 Å². The van der Waals surface area contributed by atoms with Gasteiger partial charge in [0.1, 0.15) is 0 Å². The molecule has 1 aromatic carbocycles. The van der Waals surface area contributed by atoms with Crippen LogP contribution in [0.15, 0.2) is 33.9 Å². The molecule has 11 heteroatoms. The molecular weight excluding hydrogens is 393 g/mol. The standard InChI is InChI=1S/C18H19F3N4O4/c1-11(10-22-28-14-4-2-3-9-27-14)23-16(26)13-7-5-12(6-8-13)15-24-17(29-25-15)18(19,20)21/h5-8,10-11,14H,2-4,9H2,1H3,(H,23,26)/b22-10+. The number of aromatic nitrogens is 2. The molecule has 1 aliphatic heterocycles. The van der Waals surface area contributed by atoms with Gasteiger partial charge < -0.3 is 19.4 Å². The normalized spacial score (nSPS) is 18.6. The molecule has 2 unspecified atom stereocenters. The summed E-state index contributed by atoms with van der Waals surface area (Å²) in [5.74, 6) is -2.02. The van der Waals surface area contributed by atoms with E-state index >= 15 is 0 Å². The Morgan fingerprint density at radius 3 is 2.72 bits per heavy atom. The molecule has 1 fully saturated rings. The van der Waals surface area contributed by atoms with E-state index in [1.54, 1.807) is 6.92 Å². The Labute approximate surface area is 164 Å². The van der Waals surface area contributed by atoms with Crippen molar-refractivity contribution in [2.24, 2.45) is 5.16 Å². The van der Waals surface area contributed by atoms with Gasteiger partial charge in [0, 0.05) is 17.5 Å². The molecule has 2 aromatic rings. The van der Waals surface area contributed by atoms with E-state index in [1.807, 2.05) is 0 Å². The van der Waals surface area contributed by atoms with Crippen LogP contribution in [0.5, 0.6) is 0 Å². The van der Waals surface area contributed by atoms with Crippen LogP contribution >= 0.6 is 0 Å². The number of ether oxygens (including phenoxy) is 1. The molecule has 156 valence electrons. The number of carbonyl (C=O) groups is 1. The second kappa shape index (κ2) is 9.03. The van der Waals surface area contributed by atoms with Gasteiger partial charge in [-0.25, -0.2) is 0 Å². The lowest BCUT2D eigenvalue weighted by Gasteiger charge is -2.20. The Hall–Kier alpha value is -2.95. The van der Waals surface area contributed by atoms with Gasteiger partial charge in [-0.1, -0.05) is 22.4 Å². The Morgan fingerprint density at radius 2 is 2.10 bits per heavy atom. The highest BCUT2D eigenvalue weighted by Gasteiger charge is 2.38. The molecule has 0 radical (unpaired) electrons. The molecule has 1 aliphatic rings. The largest absolute Gasteiger partial charge is 0.471 e. The number of carbonyl (C=O) groups excluding carboxylic acids is 1. The van der Waals surface area contributed by atoms with Crippen LogP contribution in [0.1, 0.15) is 42.4 Å². The summed E-state index contributed by atoms with van der Waals surface area (Å²) in [6.45, 7) is 2.36. The van der Waals surface area contributed by atoms with Crippen LogP contribution in [0.25, 0.3) is 11.4 Å². The molecule has 0 saturated carbocycles. The number of rotatable bonds is 6. The third kappa shape index (κ3) is 5.76. The van der Waals surface area contributed by atoms with Crippen LogP contribution in [-0.2, 0) is 15.8 Å². The molecule has 1 N–H and O–H groups in total. The fourth-order valence-corrected chi connectivity index (χ4v) is 2.54. The lowest BCUT2D eigenvalue weighted by Crippen LogP contribution is -2.33. The number of nitrogens with one attached hydrogen (secondary N) is 1. The predicted molar refractivity (Wildman–Crippen MR) is 94.8 cm³/mol. The van der Waals surface area contributed by atoms with E-state index in [4.69, 9.17) is 9.57 Å². The molecule has 3 rings (SSSR count). The Morgan fingerprint density at radius 1 is 1.34 bits per heavy atom. The number of hydrogen-bond donors (Lipinski definition) is 1. The first-order valence-electron chi connectivity index (χ1n) is 8.96. The van der Waals surface area contributed by atoms with Crippen LogP contribution in [0.3, 0.4) is 0 Å². The number of hydrogen-bond acceptors (Lipinski definition) is 7. The van der Waals surface area contributed by atoms with E-state index in [9.17, 15) is 18.0 Å². The minimum atomic E-state index is -4.71. The predicted octanol–water partition coefficient (Wildman–Crippen LogP) is 3.40. The SMILES string of the molecule is CC(/C=N/OC1CCCCO1)NC(=O)c1ccc(-c2noc(C(F)(F)F)n2)cc1. The molecule has 0 aliphatic carbocycles. The molecular formula is C18H19F3N4O4. The quantitative estimate of drug-likeness (QED) is 0.577. The average molecular weight is 412 g/mol. The van der Waals surface area contributed by atoms with Crippen molar-refractivity contribution in [3.8, 4) is 11.4 Å². The van der Waals surface area contributed by atoms with E-state index in [-0.39, 0.29) is 23.6 Å². The maximum Gasteiger partial charge on any atom is 0.471 e. The van der Waals surface area contributed by atoms with Gasteiger partial charge in [0.15, 0.2) is 0 Å². The van der Waals surface area contributed by atoms with Crippen molar-refractivity contribution in [3.63, 3.8) is 0 Å². The van der Waals surface area contributed by atoms with Crippen molar-refractivity contribution in [1.82, 2.24) is 15.5 Å². The molecule has 1 aromatic heterocycles. The summed E-state index contributed by atoms with van der Waals surface area (Å²) < 4.78 is 47.2. The number of alkyl halides is 3. The fourth-order valence-electron chi connectivity index (χ4n) is 2.54. The van der Waals surface area contributed by atoms with Gasteiger partial charge in [-0.2, -0.15) is 18.2 Å². The van der Waals surface area contributed by atoms with Gasteiger partial charge >= 0.3 is 12.1 Å². The second-order valence-corrected chi connectivity index (χ2v) is 6.42. The van der Waals surface area contributed by atoms with E-state index < -0.39 is 18.1 Å². The molecule has 0 bridgehead atoms. The Balaban J connectivity index is 1.53. The third-order valence-corrected chi connectivity index (χ3v) is 4.03. The van der Waals surface area contributed by atoms with Crippen LogP contribution in [0, 0.1) is 0 Å². The van der Waals surface area contributed by atoms with Crippen LogP contribution in [0.4, 0.5) is 13.2 Å². The summed E-state index contributed by atoms with van der Waals surface area (Å²) in [6, 6.07) is 5.36. The van der Waals surface area contributed by atoms with Gasteiger partial charge in [0.05, 0.1) is 18.9 Å². The van der Waals surface area contributed by atoms with Gasteiger partial charge in [-0.05, 0) is 31.9 Å². The van der Waals surface area contributed by atoms with Crippen molar-refractivity contribution in [2.45, 2.75) is 44.7 Å². The topological polar surface area (TPSA) is 98.8 Å². The monoisotopic (exact) mass is 412 g/mol. The lowest BCUT2D eigenvalue weighted by atomic mass is 10.1. The Kier molecular flexibility index (Phi) is 6.47. The van der Waals surface area contributed by atoms with Gasteiger partial charge in [0.2, 0.25) is 12.1 Å². The minimum absolute atomic E-state index is 0.216. The van der Waals surface area contributed by atoms with Crippen LogP contribution in [-0.4, -0.2) is 41.2 Å². The highest BCUT2D eigenvalue weighted by Crippen LogP contribution is 2.29. The van der Waals surface area contributed by atoms with Gasteiger partial charge in [-0.15, -0.1) is 0 Å². The first-order valence-corrected chi connectivity index (χ1v) is 8.96. The maximum atomic E-state index is 12.5. The van der Waals surface area contributed by atoms with Crippen molar-refractivity contribution in [3.05, 3.63) is 35.7 Å². The zero-order valence-electron chi connectivity index (χ0n) is 15.5. The summed E-state index contributed by atoms with van der Waals surface area (Å²) in [4.78, 5) is 20.8. The maximum absolute atomic E-state index is 12.5. The number of halogens is 3. The summed E-state index contributed by atoms with van der Waals surface area (Å²) in [5, 5.41) is 9.84. The highest BCUT2D eigenvalue weighted by atomic mass is 19.4. The zero-order valence-corrected chi connectivity index (χ0v) is 15.5. The zero-order chi connectivity index (χ0) is 20.9. The van der Waals surface area contributed by atoms with Crippen molar-refractivity contribution >= 4 is 12.1 Å². The molecule has 8 nitrogen and oxygen atoms in total. The lowest BCUT2D eigenvalue weighted by molar-refractivity contribution is -0.162. The number of oxime groups is 1. The van der Waals surface area contributed by atoms with E-state index in [0.29, 0.717) is 12.2 Å². The van der Waals surface area contributed by atoms with E-state index in [0.717, 1.165) is 19.3 Å². The molecule has 0 spiro atoms. The minimum Gasteiger partial charge on any atom is -0.364 e. The summed E-state index contributed by atoms with van der Waals surface area (Å²) >= 11 is 0. The van der Waals surface area contributed by atoms with Crippen molar-refractivity contribution in [1.29, 1.82) is 0 Å². The molecule has 2 atom stereocenters. The summed E-state index contributed by atoms with van der Waals surface area (Å²) in [6.07, 6.45) is -0.833. The summed E-state index contributed by atoms with van der Waals surface area (Å²) in [5.41, 5.74) is 0.598. The number of amides is 1. The van der Waals surface area contributed by atoms with Crippen LogP contribution < -0.4 is 5.32 Å².